The number of nitrogens with one attached hydrogen (secondary N) is 1. The molecule has 0 aliphatic carbocycles. The van der Waals surface area contributed by atoms with E-state index in [9.17, 15) is 14.4 Å². The third-order valence-corrected chi connectivity index (χ3v) is 2.10. The zero-order chi connectivity index (χ0) is 12.8. The first-order valence-corrected chi connectivity index (χ1v) is 5.12. The summed E-state index contributed by atoms with van der Waals surface area (Å²) in [5.41, 5.74) is 0.749. The average molecular weight is 235 g/mol. The number of carboxylic acid groups (broad SMARTS) is 1. The van der Waals surface area contributed by atoms with Crippen LogP contribution in [-0.2, 0) is 9.59 Å². The Kier molecular flexibility index (Phi) is 4.39. The summed E-state index contributed by atoms with van der Waals surface area (Å²) in [4.78, 5) is 33.1. The second-order valence-corrected chi connectivity index (χ2v) is 3.54. The lowest BCUT2D eigenvalue weighted by molar-refractivity contribution is -0.137. The molecule has 0 unspecified atom stereocenters. The predicted molar refractivity (Wildman–Crippen MR) is 61.9 cm³/mol. The van der Waals surface area contributed by atoms with Crippen molar-refractivity contribution in [1.82, 2.24) is 0 Å². The topological polar surface area (TPSA) is 83.5 Å². The van der Waals surface area contributed by atoms with E-state index in [1.54, 1.807) is 24.3 Å². The molecule has 0 heterocycles. The minimum Gasteiger partial charge on any atom is -0.481 e. The van der Waals surface area contributed by atoms with E-state index in [0.29, 0.717) is 11.3 Å². The van der Waals surface area contributed by atoms with Gasteiger partial charge in [0.2, 0.25) is 5.91 Å². The Hall–Kier alpha value is -2.17. The number of carbonyl (C=O) groups excluding carboxylic acids is 2. The molecule has 0 saturated heterocycles. The fourth-order valence-electron chi connectivity index (χ4n) is 1.38. The monoisotopic (exact) mass is 235 g/mol. The number of carbonyl (C=O) groups is 3. The lowest BCUT2D eigenvalue weighted by atomic mass is 10.0. The first-order valence-electron chi connectivity index (χ1n) is 5.12. The van der Waals surface area contributed by atoms with Crippen molar-refractivity contribution in [3.05, 3.63) is 29.8 Å². The summed E-state index contributed by atoms with van der Waals surface area (Å²) < 4.78 is 0. The van der Waals surface area contributed by atoms with Crippen LogP contribution in [0.5, 0.6) is 0 Å². The van der Waals surface area contributed by atoms with Crippen molar-refractivity contribution in [1.29, 1.82) is 0 Å². The molecular weight excluding hydrogens is 222 g/mol. The number of hydrogen-bond donors (Lipinski definition) is 2. The van der Waals surface area contributed by atoms with Crippen molar-refractivity contribution >= 4 is 23.3 Å². The van der Waals surface area contributed by atoms with Gasteiger partial charge in [-0.1, -0.05) is 12.1 Å². The number of para-hydroxylation sites is 1. The van der Waals surface area contributed by atoms with E-state index in [-0.39, 0.29) is 24.5 Å². The van der Waals surface area contributed by atoms with Gasteiger partial charge >= 0.3 is 5.97 Å². The van der Waals surface area contributed by atoms with E-state index in [2.05, 4.69) is 5.32 Å². The Morgan fingerprint density at radius 2 is 1.82 bits per heavy atom. The molecule has 17 heavy (non-hydrogen) atoms. The number of rotatable bonds is 5. The molecule has 1 amide bonds. The van der Waals surface area contributed by atoms with Gasteiger partial charge < -0.3 is 10.4 Å². The van der Waals surface area contributed by atoms with Crippen LogP contribution in [0.2, 0.25) is 0 Å². The standard InChI is InChI=1S/C12H13NO4/c1-8(14)13-10-5-3-2-4-9(10)11(15)6-7-12(16)17/h2-5H,6-7H2,1H3,(H,13,14)(H,16,17). The van der Waals surface area contributed by atoms with Gasteiger partial charge in [0.1, 0.15) is 0 Å². The molecule has 0 aliphatic rings. The maximum absolute atomic E-state index is 11.7. The van der Waals surface area contributed by atoms with Gasteiger partial charge in [0.05, 0.1) is 12.1 Å². The second-order valence-electron chi connectivity index (χ2n) is 3.54. The summed E-state index contributed by atoms with van der Waals surface area (Å²) in [5, 5.41) is 11.0. The Balaban J connectivity index is 2.85. The van der Waals surface area contributed by atoms with Crippen LogP contribution in [0.3, 0.4) is 0 Å². The molecule has 0 aromatic heterocycles. The van der Waals surface area contributed by atoms with E-state index in [4.69, 9.17) is 5.11 Å². The molecule has 1 rings (SSSR count). The zero-order valence-electron chi connectivity index (χ0n) is 9.40. The summed E-state index contributed by atoms with van der Waals surface area (Å²) in [6.07, 6.45) is -0.292. The SMILES string of the molecule is CC(=O)Nc1ccccc1C(=O)CCC(=O)O. The number of ketones is 1. The maximum Gasteiger partial charge on any atom is 0.303 e. The molecule has 0 fully saturated rings. The first kappa shape index (κ1) is 12.9. The molecule has 5 nitrogen and oxygen atoms in total. The van der Waals surface area contributed by atoms with Crippen LogP contribution in [-0.4, -0.2) is 22.8 Å². The molecule has 0 radical (unpaired) electrons. The number of anilines is 1. The molecular formula is C12H13NO4. The maximum atomic E-state index is 11.7. The van der Waals surface area contributed by atoms with Gasteiger partial charge in [0.25, 0.3) is 0 Å². The summed E-state index contributed by atoms with van der Waals surface area (Å²) in [6, 6.07) is 6.53. The molecule has 0 atom stereocenters. The highest BCUT2D eigenvalue weighted by Gasteiger charge is 2.12. The number of benzene rings is 1. The van der Waals surface area contributed by atoms with Crippen LogP contribution in [0.1, 0.15) is 30.1 Å². The number of hydrogen-bond acceptors (Lipinski definition) is 3. The molecule has 0 spiro atoms. The molecule has 90 valence electrons. The number of amides is 1. The third-order valence-electron chi connectivity index (χ3n) is 2.10. The first-order chi connectivity index (χ1) is 8.00. The van der Waals surface area contributed by atoms with Gasteiger partial charge in [-0.25, -0.2) is 0 Å². The number of aliphatic carboxylic acids is 1. The fraction of sp³-hybridized carbons (Fsp3) is 0.250. The Morgan fingerprint density at radius 1 is 1.18 bits per heavy atom. The van der Waals surface area contributed by atoms with E-state index in [1.807, 2.05) is 0 Å². The van der Waals surface area contributed by atoms with Crippen LogP contribution in [0.4, 0.5) is 5.69 Å². The van der Waals surface area contributed by atoms with Gasteiger partial charge in [-0.2, -0.15) is 0 Å². The summed E-state index contributed by atoms with van der Waals surface area (Å²) in [5.74, 6) is -1.59. The fourth-order valence-corrected chi connectivity index (χ4v) is 1.38. The van der Waals surface area contributed by atoms with Gasteiger partial charge in [0, 0.05) is 18.9 Å². The third kappa shape index (κ3) is 4.06. The van der Waals surface area contributed by atoms with Crippen molar-refractivity contribution in [2.24, 2.45) is 0 Å². The molecule has 0 bridgehead atoms. The molecule has 2 N–H and O–H groups in total. The highest BCUT2D eigenvalue weighted by Crippen LogP contribution is 2.17. The van der Waals surface area contributed by atoms with Crippen molar-refractivity contribution in [3.63, 3.8) is 0 Å². The zero-order valence-corrected chi connectivity index (χ0v) is 9.40. The van der Waals surface area contributed by atoms with Crippen molar-refractivity contribution < 1.29 is 19.5 Å². The Bertz CT molecular complexity index is 454. The molecule has 1 aromatic carbocycles. The van der Waals surface area contributed by atoms with Gasteiger partial charge in [-0.05, 0) is 12.1 Å². The van der Waals surface area contributed by atoms with E-state index < -0.39 is 5.97 Å². The van der Waals surface area contributed by atoms with Crippen molar-refractivity contribution in [2.75, 3.05) is 5.32 Å². The largest absolute Gasteiger partial charge is 0.481 e. The Labute approximate surface area is 98.4 Å². The quantitative estimate of drug-likeness (QED) is 0.761. The minimum atomic E-state index is -1.02. The van der Waals surface area contributed by atoms with Gasteiger partial charge in [-0.3, -0.25) is 14.4 Å². The van der Waals surface area contributed by atoms with Crippen LogP contribution in [0.15, 0.2) is 24.3 Å². The predicted octanol–water partition coefficient (Wildman–Crippen LogP) is 1.69. The van der Waals surface area contributed by atoms with E-state index in [0.717, 1.165) is 0 Å². The minimum absolute atomic E-state index is 0.0774. The van der Waals surface area contributed by atoms with Crippen molar-refractivity contribution in [3.8, 4) is 0 Å². The van der Waals surface area contributed by atoms with Gasteiger partial charge in [-0.15, -0.1) is 0 Å². The van der Waals surface area contributed by atoms with E-state index in [1.165, 1.54) is 6.92 Å². The molecule has 0 saturated carbocycles. The summed E-state index contributed by atoms with van der Waals surface area (Å²) in [6.45, 7) is 1.35. The molecule has 0 aliphatic heterocycles. The average Bonchev–Trinajstić information content (AvgIpc) is 2.25. The van der Waals surface area contributed by atoms with Crippen LogP contribution >= 0.6 is 0 Å². The second kappa shape index (κ2) is 5.79. The normalized spacial score (nSPS) is 9.71. The Morgan fingerprint density at radius 3 is 2.41 bits per heavy atom. The van der Waals surface area contributed by atoms with Gasteiger partial charge in [0.15, 0.2) is 5.78 Å². The van der Waals surface area contributed by atoms with Crippen LogP contribution in [0, 0.1) is 0 Å². The van der Waals surface area contributed by atoms with E-state index >= 15 is 0 Å². The highest BCUT2D eigenvalue weighted by atomic mass is 16.4. The smallest absolute Gasteiger partial charge is 0.303 e. The highest BCUT2D eigenvalue weighted by molar-refractivity contribution is 6.05. The lowest BCUT2D eigenvalue weighted by Gasteiger charge is -2.07. The summed E-state index contributed by atoms with van der Waals surface area (Å²) in [7, 11) is 0. The number of Topliss-reactive ketones (excluding diaryl/α,β-unsaturated/α-hetero) is 1. The van der Waals surface area contributed by atoms with Crippen LogP contribution in [0.25, 0.3) is 0 Å². The summed E-state index contributed by atoms with van der Waals surface area (Å²) >= 11 is 0. The van der Waals surface area contributed by atoms with Crippen molar-refractivity contribution in [2.45, 2.75) is 19.8 Å². The number of carboxylic acids is 1. The molecule has 1 aromatic rings. The lowest BCUT2D eigenvalue weighted by Crippen LogP contribution is -2.11. The van der Waals surface area contributed by atoms with Crippen LogP contribution < -0.4 is 5.32 Å². The molecule has 5 heteroatoms.